The minimum Gasteiger partial charge on any atom is -0.493 e. The molecule has 0 radical (unpaired) electrons. The molecular weight excluding hydrogens is 361 g/mol. The van der Waals surface area contributed by atoms with Gasteiger partial charge in [0, 0.05) is 30.7 Å². The number of pyridine rings is 1. The van der Waals surface area contributed by atoms with Gasteiger partial charge in [0.25, 0.3) is 5.91 Å². The third-order valence-electron chi connectivity index (χ3n) is 4.96. The quantitative estimate of drug-likeness (QED) is 0.730. The average Bonchev–Trinajstić information content (AvgIpc) is 2.72. The standard InChI is InChI=1S/C20H20FN5O2/c21-14-1-2-17-16(9-14)20(25-12-24-17)26-7-4-13(5-8-26)11-28-15-3-6-23-18(10-15)19(22)27/h1-3,6,9-10,12-13H,4-5,7-8,11H2,(H2,22,27). The van der Waals surface area contributed by atoms with Crippen molar-refractivity contribution in [2.24, 2.45) is 11.7 Å². The molecule has 28 heavy (non-hydrogen) atoms. The van der Waals surface area contributed by atoms with Gasteiger partial charge < -0.3 is 15.4 Å². The fourth-order valence-corrected chi connectivity index (χ4v) is 3.43. The van der Waals surface area contributed by atoms with E-state index in [0.29, 0.717) is 18.3 Å². The predicted octanol–water partition coefficient (Wildman–Crippen LogP) is 2.56. The third-order valence-corrected chi connectivity index (χ3v) is 4.96. The number of piperidine rings is 1. The number of aromatic nitrogens is 3. The predicted molar refractivity (Wildman–Crippen MR) is 103 cm³/mol. The van der Waals surface area contributed by atoms with Crippen molar-refractivity contribution in [3.8, 4) is 5.75 Å². The van der Waals surface area contributed by atoms with Gasteiger partial charge in [0.15, 0.2) is 0 Å². The maximum absolute atomic E-state index is 13.7. The van der Waals surface area contributed by atoms with Gasteiger partial charge in [-0.15, -0.1) is 0 Å². The van der Waals surface area contributed by atoms with Crippen molar-refractivity contribution < 1.29 is 13.9 Å². The van der Waals surface area contributed by atoms with Gasteiger partial charge >= 0.3 is 0 Å². The molecule has 3 aromatic rings. The maximum atomic E-state index is 13.7. The van der Waals surface area contributed by atoms with Gasteiger partial charge in [-0.25, -0.2) is 14.4 Å². The summed E-state index contributed by atoms with van der Waals surface area (Å²) >= 11 is 0. The summed E-state index contributed by atoms with van der Waals surface area (Å²) < 4.78 is 19.5. The Hall–Kier alpha value is -3.29. The molecule has 0 bridgehead atoms. The molecule has 1 fully saturated rings. The molecule has 1 amide bonds. The number of benzene rings is 1. The lowest BCUT2D eigenvalue weighted by molar-refractivity contribution is 0.0995. The Morgan fingerprint density at radius 1 is 1.18 bits per heavy atom. The minimum atomic E-state index is -0.577. The zero-order chi connectivity index (χ0) is 19.5. The Kier molecular flexibility index (Phi) is 5.01. The number of nitrogens with two attached hydrogens (primary N) is 1. The molecule has 0 unspecified atom stereocenters. The second-order valence-electron chi connectivity index (χ2n) is 6.84. The Bertz CT molecular complexity index is 1000. The lowest BCUT2D eigenvalue weighted by Crippen LogP contribution is -2.36. The summed E-state index contributed by atoms with van der Waals surface area (Å²) in [6, 6.07) is 7.83. The number of ether oxygens (including phenoxy) is 1. The topological polar surface area (TPSA) is 94.2 Å². The molecule has 8 heteroatoms. The number of carbonyl (C=O) groups excluding carboxylic acids is 1. The van der Waals surface area contributed by atoms with Crippen LogP contribution in [0.2, 0.25) is 0 Å². The first-order chi connectivity index (χ1) is 13.6. The van der Waals surface area contributed by atoms with Crippen LogP contribution in [0.4, 0.5) is 10.2 Å². The summed E-state index contributed by atoms with van der Waals surface area (Å²) in [5.41, 5.74) is 6.17. The molecule has 0 atom stereocenters. The molecule has 0 saturated carbocycles. The molecule has 3 heterocycles. The van der Waals surface area contributed by atoms with E-state index in [9.17, 15) is 9.18 Å². The van der Waals surface area contributed by atoms with E-state index in [4.69, 9.17) is 10.5 Å². The lowest BCUT2D eigenvalue weighted by atomic mass is 9.97. The van der Waals surface area contributed by atoms with Crippen LogP contribution in [0, 0.1) is 11.7 Å². The molecule has 7 nitrogen and oxygen atoms in total. The molecule has 0 spiro atoms. The van der Waals surface area contributed by atoms with Gasteiger partial charge in [-0.05, 0) is 43.0 Å². The van der Waals surface area contributed by atoms with Gasteiger partial charge in [-0.3, -0.25) is 9.78 Å². The number of hydrogen-bond donors (Lipinski definition) is 1. The van der Waals surface area contributed by atoms with Crippen LogP contribution in [-0.4, -0.2) is 40.6 Å². The molecule has 1 aromatic carbocycles. The largest absolute Gasteiger partial charge is 0.493 e. The highest BCUT2D eigenvalue weighted by molar-refractivity contribution is 5.91. The van der Waals surface area contributed by atoms with Gasteiger partial charge in [0.1, 0.15) is 29.4 Å². The summed E-state index contributed by atoms with van der Waals surface area (Å²) in [4.78, 5) is 25.9. The van der Waals surface area contributed by atoms with E-state index in [1.54, 1.807) is 18.2 Å². The van der Waals surface area contributed by atoms with E-state index in [0.717, 1.165) is 42.7 Å². The second-order valence-corrected chi connectivity index (χ2v) is 6.84. The number of carbonyl (C=O) groups is 1. The van der Waals surface area contributed by atoms with Crippen molar-refractivity contribution in [2.75, 3.05) is 24.6 Å². The van der Waals surface area contributed by atoms with Gasteiger partial charge in [-0.2, -0.15) is 0 Å². The highest BCUT2D eigenvalue weighted by Crippen LogP contribution is 2.28. The van der Waals surface area contributed by atoms with E-state index in [1.165, 1.54) is 24.7 Å². The highest BCUT2D eigenvalue weighted by atomic mass is 19.1. The first-order valence-corrected chi connectivity index (χ1v) is 9.14. The Labute approximate surface area is 161 Å². The molecule has 4 rings (SSSR count). The average molecular weight is 381 g/mol. The Balaban J connectivity index is 1.38. The zero-order valence-corrected chi connectivity index (χ0v) is 15.2. The van der Waals surface area contributed by atoms with Crippen molar-refractivity contribution in [2.45, 2.75) is 12.8 Å². The number of hydrogen-bond acceptors (Lipinski definition) is 6. The van der Waals surface area contributed by atoms with Crippen molar-refractivity contribution in [1.29, 1.82) is 0 Å². The number of anilines is 1. The second kappa shape index (κ2) is 7.75. The molecule has 144 valence electrons. The summed E-state index contributed by atoms with van der Waals surface area (Å²) in [5.74, 6) is 0.866. The van der Waals surface area contributed by atoms with Crippen molar-refractivity contribution >= 4 is 22.6 Å². The van der Waals surface area contributed by atoms with Crippen LogP contribution in [0.25, 0.3) is 10.9 Å². The zero-order valence-electron chi connectivity index (χ0n) is 15.2. The van der Waals surface area contributed by atoms with Crippen LogP contribution >= 0.6 is 0 Å². The normalized spacial score (nSPS) is 15.0. The van der Waals surface area contributed by atoms with Gasteiger partial charge in [-0.1, -0.05) is 0 Å². The van der Waals surface area contributed by atoms with Crippen LogP contribution < -0.4 is 15.4 Å². The van der Waals surface area contributed by atoms with Crippen LogP contribution in [0.1, 0.15) is 23.3 Å². The smallest absolute Gasteiger partial charge is 0.267 e. The molecule has 2 N–H and O–H groups in total. The number of rotatable bonds is 5. The molecule has 1 aliphatic rings. The number of amides is 1. The van der Waals surface area contributed by atoms with E-state index >= 15 is 0 Å². The van der Waals surface area contributed by atoms with Crippen molar-refractivity contribution in [3.63, 3.8) is 0 Å². The minimum absolute atomic E-state index is 0.190. The van der Waals surface area contributed by atoms with E-state index in [1.807, 2.05) is 0 Å². The van der Waals surface area contributed by atoms with Gasteiger partial charge in [0.05, 0.1) is 12.1 Å². The summed E-state index contributed by atoms with van der Waals surface area (Å²) in [6.07, 6.45) is 4.88. The molecule has 1 saturated heterocycles. The van der Waals surface area contributed by atoms with Gasteiger partial charge in [0.2, 0.25) is 0 Å². The fraction of sp³-hybridized carbons (Fsp3) is 0.300. The Morgan fingerprint density at radius 2 is 2.00 bits per heavy atom. The number of primary amides is 1. The maximum Gasteiger partial charge on any atom is 0.267 e. The van der Waals surface area contributed by atoms with Crippen molar-refractivity contribution in [3.05, 3.63) is 54.4 Å². The lowest BCUT2D eigenvalue weighted by Gasteiger charge is -2.33. The summed E-state index contributed by atoms with van der Waals surface area (Å²) in [7, 11) is 0. The monoisotopic (exact) mass is 381 g/mol. The van der Waals surface area contributed by atoms with Crippen LogP contribution in [0.5, 0.6) is 5.75 Å². The number of fused-ring (bicyclic) bond motifs is 1. The van der Waals surface area contributed by atoms with E-state index in [-0.39, 0.29) is 11.5 Å². The number of halogens is 1. The molecule has 0 aliphatic carbocycles. The fourth-order valence-electron chi connectivity index (χ4n) is 3.43. The van der Waals surface area contributed by atoms with Crippen LogP contribution in [0.15, 0.2) is 42.9 Å². The van der Waals surface area contributed by atoms with E-state index < -0.39 is 5.91 Å². The SMILES string of the molecule is NC(=O)c1cc(OCC2CCN(c3ncnc4ccc(F)cc34)CC2)ccn1. The molecule has 1 aliphatic heterocycles. The first-order valence-electron chi connectivity index (χ1n) is 9.14. The van der Waals surface area contributed by atoms with E-state index in [2.05, 4.69) is 19.9 Å². The summed E-state index contributed by atoms with van der Waals surface area (Å²) in [5, 5.41) is 0.730. The highest BCUT2D eigenvalue weighted by Gasteiger charge is 2.22. The van der Waals surface area contributed by atoms with Crippen molar-refractivity contribution in [1.82, 2.24) is 15.0 Å². The van der Waals surface area contributed by atoms with Crippen LogP contribution in [0.3, 0.4) is 0 Å². The Morgan fingerprint density at radius 3 is 2.79 bits per heavy atom. The van der Waals surface area contributed by atoms with Crippen LogP contribution in [-0.2, 0) is 0 Å². The number of nitrogens with zero attached hydrogens (tertiary/aromatic N) is 4. The summed E-state index contributed by atoms with van der Waals surface area (Å²) in [6.45, 7) is 2.16. The first kappa shape index (κ1) is 18.1. The molecular formula is C20H20FN5O2. The third kappa shape index (κ3) is 3.85. The molecule has 2 aromatic heterocycles.